The molecule has 2 aliphatic rings. The van der Waals surface area contributed by atoms with E-state index in [2.05, 4.69) is 37.3 Å². The molecule has 12 heteroatoms. The summed E-state index contributed by atoms with van der Waals surface area (Å²) in [5.74, 6) is 0.353. The summed E-state index contributed by atoms with van der Waals surface area (Å²) in [5, 5.41) is 15.0. The van der Waals surface area contributed by atoms with E-state index in [9.17, 15) is 14.7 Å². The fourth-order valence-corrected chi connectivity index (χ4v) is 6.55. The monoisotopic (exact) mass is 694 g/mol. The predicted molar refractivity (Wildman–Crippen MR) is 192 cm³/mol. The summed E-state index contributed by atoms with van der Waals surface area (Å²) in [6, 6.07) is 25.4. The van der Waals surface area contributed by atoms with Gasteiger partial charge < -0.3 is 34.9 Å². The SMILES string of the molecule is CCOC(=O)CNC(=O)NCc1ccccc1-c1ccc(C2OC(CN3CCN(c4ncccn4)CC3)C(C)C(c3ccc(CO)cc3)O2)cc1. The van der Waals surface area contributed by atoms with E-state index in [4.69, 9.17) is 14.2 Å². The van der Waals surface area contributed by atoms with E-state index in [1.807, 2.05) is 78.9 Å². The molecule has 3 N–H and O–H groups in total. The molecule has 0 saturated carbocycles. The van der Waals surface area contributed by atoms with Gasteiger partial charge in [-0.05, 0) is 40.8 Å². The van der Waals surface area contributed by atoms with Crippen LogP contribution in [-0.2, 0) is 32.2 Å². The van der Waals surface area contributed by atoms with Gasteiger partial charge in [0.25, 0.3) is 0 Å². The Morgan fingerprint density at radius 1 is 0.882 bits per heavy atom. The van der Waals surface area contributed by atoms with E-state index < -0.39 is 18.3 Å². The molecule has 0 spiro atoms. The number of aromatic nitrogens is 2. The van der Waals surface area contributed by atoms with Crippen molar-refractivity contribution in [2.75, 3.05) is 50.8 Å². The molecule has 12 nitrogen and oxygen atoms in total. The molecular weight excluding hydrogens is 648 g/mol. The molecule has 4 aromatic rings. The van der Waals surface area contributed by atoms with Crippen LogP contribution < -0.4 is 15.5 Å². The lowest BCUT2D eigenvalue weighted by molar-refractivity contribution is -0.276. The first-order valence-corrected chi connectivity index (χ1v) is 17.5. The van der Waals surface area contributed by atoms with Gasteiger partial charge in [0, 0.05) is 63.1 Å². The van der Waals surface area contributed by atoms with Gasteiger partial charge in [0.1, 0.15) is 6.54 Å². The lowest BCUT2D eigenvalue weighted by atomic mass is 9.89. The van der Waals surface area contributed by atoms with Crippen molar-refractivity contribution in [3.05, 3.63) is 114 Å². The average molecular weight is 695 g/mol. The van der Waals surface area contributed by atoms with Crippen molar-refractivity contribution in [1.82, 2.24) is 25.5 Å². The standard InChI is InChI=1S/C39H46N6O6/c1-3-49-35(47)24-43-39(48)42-23-32-7-4-5-8-33(32)29-13-15-31(16-14-29)37-50-34(27(2)36(51-37)30-11-9-28(26-46)10-12-30)25-44-19-21-45(22-20-44)38-40-17-6-18-41-38/h4-18,27,34,36-37,46H,3,19-26H2,1-2H3,(H2,42,43,48). The molecule has 51 heavy (non-hydrogen) atoms. The van der Waals surface area contributed by atoms with Crippen molar-refractivity contribution in [2.45, 2.75) is 45.5 Å². The van der Waals surface area contributed by atoms with E-state index >= 15 is 0 Å². The Kier molecular flexibility index (Phi) is 12.2. The number of hydrogen-bond acceptors (Lipinski definition) is 10. The Hall–Kier alpha value is -4.88. The quantitative estimate of drug-likeness (QED) is 0.180. The maximum Gasteiger partial charge on any atom is 0.325 e. The summed E-state index contributed by atoms with van der Waals surface area (Å²) in [5.41, 5.74) is 5.71. The number of nitrogens with one attached hydrogen (secondary N) is 2. The maximum absolute atomic E-state index is 12.3. The third kappa shape index (κ3) is 9.27. The minimum absolute atomic E-state index is 0.00998. The van der Waals surface area contributed by atoms with Gasteiger partial charge in [0.2, 0.25) is 5.95 Å². The number of piperazine rings is 1. The second-order valence-corrected chi connectivity index (χ2v) is 12.8. The molecule has 2 saturated heterocycles. The molecule has 4 unspecified atom stereocenters. The number of aliphatic hydroxyl groups is 1. The van der Waals surface area contributed by atoms with Gasteiger partial charge in [0.05, 0.1) is 25.4 Å². The summed E-state index contributed by atoms with van der Waals surface area (Å²) in [6.07, 6.45) is 2.68. The van der Waals surface area contributed by atoms with Crippen molar-refractivity contribution in [3.63, 3.8) is 0 Å². The lowest BCUT2D eigenvalue weighted by Gasteiger charge is -2.44. The molecule has 0 radical (unpaired) electrons. The van der Waals surface area contributed by atoms with Crippen LogP contribution in [0.5, 0.6) is 0 Å². The van der Waals surface area contributed by atoms with Gasteiger partial charge in [-0.3, -0.25) is 9.69 Å². The summed E-state index contributed by atoms with van der Waals surface area (Å²) in [4.78, 5) is 37.4. The van der Waals surface area contributed by atoms with Crippen LogP contribution in [-0.4, -0.2) is 84.0 Å². The van der Waals surface area contributed by atoms with Crippen molar-refractivity contribution >= 4 is 17.9 Å². The van der Waals surface area contributed by atoms with E-state index in [0.29, 0.717) is 0 Å². The number of nitrogens with zero attached hydrogens (tertiary/aromatic N) is 4. The second kappa shape index (κ2) is 17.4. The Labute approximate surface area is 298 Å². The molecule has 2 fully saturated rings. The van der Waals surface area contributed by atoms with Gasteiger partial charge in [-0.2, -0.15) is 0 Å². The van der Waals surface area contributed by atoms with E-state index in [1.165, 1.54) is 0 Å². The van der Waals surface area contributed by atoms with Gasteiger partial charge in [0.15, 0.2) is 6.29 Å². The Balaban J connectivity index is 1.15. The first-order valence-electron chi connectivity index (χ1n) is 17.5. The van der Waals surface area contributed by atoms with Crippen LogP contribution in [0.3, 0.4) is 0 Å². The highest BCUT2D eigenvalue weighted by molar-refractivity contribution is 5.81. The first kappa shape index (κ1) is 35.9. The molecule has 2 aliphatic heterocycles. The van der Waals surface area contributed by atoms with Crippen molar-refractivity contribution < 1.29 is 28.9 Å². The molecule has 4 atom stereocenters. The van der Waals surface area contributed by atoms with Crippen LogP contribution in [0.2, 0.25) is 0 Å². The van der Waals surface area contributed by atoms with Crippen LogP contribution in [0.25, 0.3) is 11.1 Å². The van der Waals surface area contributed by atoms with Crippen LogP contribution in [0.4, 0.5) is 10.7 Å². The number of carbonyl (C=O) groups is 2. The summed E-state index contributed by atoms with van der Waals surface area (Å²) >= 11 is 0. The molecular formula is C39H46N6O6. The van der Waals surface area contributed by atoms with Gasteiger partial charge >= 0.3 is 12.0 Å². The second-order valence-electron chi connectivity index (χ2n) is 12.8. The van der Waals surface area contributed by atoms with Gasteiger partial charge in [-0.25, -0.2) is 14.8 Å². The van der Waals surface area contributed by atoms with Crippen LogP contribution in [0, 0.1) is 5.92 Å². The molecule has 3 aromatic carbocycles. The zero-order chi connectivity index (χ0) is 35.6. The van der Waals surface area contributed by atoms with Crippen molar-refractivity contribution in [3.8, 4) is 11.1 Å². The Bertz CT molecular complexity index is 1720. The molecule has 6 rings (SSSR count). The maximum atomic E-state index is 12.3. The molecule has 3 heterocycles. The van der Waals surface area contributed by atoms with E-state index in [0.717, 1.165) is 72.1 Å². The number of rotatable bonds is 12. The normalized spacial score (nSPS) is 20.8. The number of hydrogen-bond donors (Lipinski definition) is 3. The molecule has 0 bridgehead atoms. The van der Waals surface area contributed by atoms with Crippen molar-refractivity contribution in [1.29, 1.82) is 0 Å². The third-order valence-corrected chi connectivity index (χ3v) is 9.42. The zero-order valence-electron chi connectivity index (χ0n) is 29.1. The van der Waals surface area contributed by atoms with Crippen molar-refractivity contribution in [2.24, 2.45) is 5.92 Å². The minimum Gasteiger partial charge on any atom is -0.465 e. The topological polar surface area (TPSA) is 138 Å². The number of esters is 1. The molecule has 268 valence electrons. The summed E-state index contributed by atoms with van der Waals surface area (Å²) < 4.78 is 18.3. The van der Waals surface area contributed by atoms with E-state index in [-0.39, 0.29) is 44.4 Å². The Morgan fingerprint density at radius 2 is 1.59 bits per heavy atom. The highest BCUT2D eigenvalue weighted by Gasteiger charge is 2.39. The number of aliphatic hydroxyl groups excluding tert-OH is 1. The third-order valence-electron chi connectivity index (χ3n) is 9.42. The Morgan fingerprint density at radius 3 is 2.29 bits per heavy atom. The number of carbonyl (C=O) groups excluding carboxylic acids is 2. The van der Waals surface area contributed by atoms with Crippen LogP contribution in [0.1, 0.15) is 48.5 Å². The number of urea groups is 1. The van der Waals surface area contributed by atoms with E-state index in [1.54, 1.807) is 19.3 Å². The highest BCUT2D eigenvalue weighted by Crippen LogP contribution is 2.42. The van der Waals surface area contributed by atoms with Crippen LogP contribution >= 0.6 is 0 Å². The van der Waals surface area contributed by atoms with Gasteiger partial charge in [-0.15, -0.1) is 0 Å². The molecule has 0 aliphatic carbocycles. The number of benzene rings is 3. The number of amides is 2. The largest absolute Gasteiger partial charge is 0.465 e. The lowest BCUT2D eigenvalue weighted by Crippen LogP contribution is -2.51. The highest BCUT2D eigenvalue weighted by atomic mass is 16.7. The number of ether oxygens (including phenoxy) is 3. The fourth-order valence-electron chi connectivity index (χ4n) is 6.55. The summed E-state index contributed by atoms with van der Waals surface area (Å²) in [7, 11) is 0. The number of anilines is 1. The summed E-state index contributed by atoms with van der Waals surface area (Å²) in [6.45, 7) is 8.45. The zero-order valence-corrected chi connectivity index (χ0v) is 29.1. The van der Waals surface area contributed by atoms with Gasteiger partial charge in [-0.1, -0.05) is 79.7 Å². The molecule has 1 aromatic heterocycles. The minimum atomic E-state index is -0.582. The average Bonchev–Trinajstić information content (AvgIpc) is 3.18. The van der Waals surface area contributed by atoms with Crippen LogP contribution in [0.15, 0.2) is 91.3 Å². The first-order chi connectivity index (χ1) is 24.9. The molecule has 2 amide bonds. The smallest absolute Gasteiger partial charge is 0.325 e. The predicted octanol–water partition coefficient (Wildman–Crippen LogP) is 4.61. The fraction of sp³-hybridized carbons (Fsp3) is 0.385.